The molecule has 1 aromatic rings. The average molecular weight is 215 g/mol. The summed E-state index contributed by atoms with van der Waals surface area (Å²) in [5.41, 5.74) is 1.02. The van der Waals surface area contributed by atoms with E-state index in [1.807, 2.05) is 19.2 Å². The summed E-state index contributed by atoms with van der Waals surface area (Å²) >= 11 is 1.59. The Morgan fingerprint density at radius 1 is 1.64 bits per heavy atom. The number of thiazole rings is 1. The molecule has 0 amide bonds. The Balaban J connectivity index is 2.51. The topological polar surface area (TPSA) is 42.4 Å². The average Bonchev–Trinajstić information content (AvgIpc) is 2.53. The van der Waals surface area contributed by atoms with Crippen molar-refractivity contribution in [3.05, 3.63) is 16.1 Å². The minimum atomic E-state index is -0.449. The van der Waals surface area contributed by atoms with Crippen LogP contribution in [-0.4, -0.2) is 29.4 Å². The van der Waals surface area contributed by atoms with E-state index in [1.54, 1.807) is 18.4 Å². The fourth-order valence-corrected chi connectivity index (χ4v) is 2.23. The molecule has 0 saturated heterocycles. The molecule has 14 heavy (non-hydrogen) atoms. The molecule has 0 radical (unpaired) electrons. The van der Waals surface area contributed by atoms with Crippen LogP contribution in [0, 0.1) is 6.92 Å². The van der Waals surface area contributed by atoms with Crippen molar-refractivity contribution in [3.8, 4) is 0 Å². The quantitative estimate of drug-likeness (QED) is 0.814. The monoisotopic (exact) mass is 215 g/mol. The Hall–Kier alpha value is -0.450. The second kappa shape index (κ2) is 5.44. The van der Waals surface area contributed by atoms with Crippen molar-refractivity contribution >= 4 is 11.3 Å². The molecule has 0 aliphatic heterocycles. The van der Waals surface area contributed by atoms with Crippen molar-refractivity contribution in [1.29, 1.82) is 0 Å². The predicted molar refractivity (Wildman–Crippen MR) is 57.6 cm³/mol. The first-order valence-electron chi connectivity index (χ1n) is 4.79. The third kappa shape index (κ3) is 3.04. The fourth-order valence-electron chi connectivity index (χ4n) is 1.40. The van der Waals surface area contributed by atoms with E-state index in [-0.39, 0.29) is 6.10 Å². The summed E-state index contributed by atoms with van der Waals surface area (Å²) in [6, 6.07) is 0. The Morgan fingerprint density at radius 2 is 2.36 bits per heavy atom. The van der Waals surface area contributed by atoms with Gasteiger partial charge < -0.3 is 9.84 Å². The van der Waals surface area contributed by atoms with E-state index < -0.39 is 6.10 Å². The third-order valence-electron chi connectivity index (χ3n) is 2.18. The van der Waals surface area contributed by atoms with Gasteiger partial charge in [-0.3, -0.25) is 0 Å². The summed E-state index contributed by atoms with van der Waals surface area (Å²) in [4.78, 5) is 4.30. The van der Waals surface area contributed by atoms with Crippen LogP contribution in [-0.2, 0) is 11.2 Å². The van der Waals surface area contributed by atoms with Gasteiger partial charge in [0.1, 0.15) is 0 Å². The lowest BCUT2D eigenvalue weighted by atomic mass is 10.1. The van der Waals surface area contributed by atoms with E-state index in [9.17, 15) is 5.11 Å². The van der Waals surface area contributed by atoms with Crippen LogP contribution in [0.15, 0.2) is 5.38 Å². The smallest absolute Gasteiger partial charge is 0.0954 e. The molecule has 1 N–H and O–H groups in total. The van der Waals surface area contributed by atoms with Gasteiger partial charge in [0.25, 0.3) is 0 Å². The number of rotatable bonds is 5. The van der Waals surface area contributed by atoms with Gasteiger partial charge in [-0.2, -0.15) is 0 Å². The highest BCUT2D eigenvalue weighted by molar-refractivity contribution is 7.09. The van der Waals surface area contributed by atoms with Crippen LogP contribution in [0.5, 0.6) is 0 Å². The highest BCUT2D eigenvalue weighted by Crippen LogP contribution is 2.14. The maximum Gasteiger partial charge on any atom is 0.0954 e. The van der Waals surface area contributed by atoms with Crippen LogP contribution < -0.4 is 0 Å². The van der Waals surface area contributed by atoms with E-state index in [1.165, 1.54) is 0 Å². The number of nitrogens with zero attached hydrogens (tertiary/aromatic N) is 1. The lowest BCUT2D eigenvalue weighted by Crippen LogP contribution is -2.29. The summed E-state index contributed by atoms with van der Waals surface area (Å²) in [5, 5.41) is 12.8. The largest absolute Gasteiger partial charge is 0.390 e. The van der Waals surface area contributed by atoms with Gasteiger partial charge in [-0.15, -0.1) is 11.3 Å². The van der Waals surface area contributed by atoms with E-state index in [4.69, 9.17) is 4.74 Å². The molecule has 0 fully saturated rings. The zero-order chi connectivity index (χ0) is 10.6. The maximum atomic E-state index is 9.81. The second-order valence-electron chi connectivity index (χ2n) is 3.34. The number of methoxy groups -OCH3 is 1. The molecule has 2 atom stereocenters. The molecule has 2 unspecified atom stereocenters. The number of hydrogen-bond acceptors (Lipinski definition) is 4. The number of aliphatic hydroxyl groups is 1. The molecule has 0 spiro atoms. The molecular weight excluding hydrogens is 198 g/mol. The molecule has 3 nitrogen and oxygen atoms in total. The first-order chi connectivity index (χ1) is 6.67. The molecular formula is C10H17NO2S. The van der Waals surface area contributed by atoms with Gasteiger partial charge in [0.2, 0.25) is 0 Å². The Kier molecular flexibility index (Phi) is 4.51. The van der Waals surface area contributed by atoms with Crippen LogP contribution in [0.3, 0.4) is 0 Å². The van der Waals surface area contributed by atoms with Crippen LogP contribution in [0.1, 0.15) is 24.0 Å². The van der Waals surface area contributed by atoms with Crippen LogP contribution >= 0.6 is 11.3 Å². The Labute approximate surface area is 88.8 Å². The van der Waals surface area contributed by atoms with Crippen molar-refractivity contribution < 1.29 is 9.84 Å². The number of ether oxygens (including phenoxy) is 1. The molecule has 1 aromatic heterocycles. The van der Waals surface area contributed by atoms with Gasteiger partial charge in [-0.1, -0.05) is 6.92 Å². The van der Waals surface area contributed by atoms with Crippen molar-refractivity contribution in [3.63, 3.8) is 0 Å². The minimum Gasteiger partial charge on any atom is -0.390 e. The highest BCUT2D eigenvalue weighted by Gasteiger charge is 2.18. The summed E-state index contributed by atoms with van der Waals surface area (Å²) in [5.74, 6) is 0. The Morgan fingerprint density at radius 3 is 2.79 bits per heavy atom. The molecule has 0 saturated carbocycles. The normalized spacial score (nSPS) is 15.4. The van der Waals surface area contributed by atoms with Gasteiger partial charge in [-0.05, 0) is 13.3 Å². The second-order valence-corrected chi connectivity index (χ2v) is 4.28. The first-order valence-corrected chi connectivity index (χ1v) is 5.67. The Bertz CT molecular complexity index is 271. The maximum absolute atomic E-state index is 9.81. The molecule has 80 valence electrons. The highest BCUT2D eigenvalue weighted by atomic mass is 32.1. The SMILES string of the molecule is CCC(OC)C(O)Cc1nc(C)cs1. The zero-order valence-corrected chi connectivity index (χ0v) is 9.67. The van der Waals surface area contributed by atoms with E-state index >= 15 is 0 Å². The lowest BCUT2D eigenvalue weighted by Gasteiger charge is -2.18. The molecule has 0 aliphatic rings. The molecule has 1 rings (SSSR count). The lowest BCUT2D eigenvalue weighted by molar-refractivity contribution is -0.0128. The van der Waals surface area contributed by atoms with Crippen LogP contribution in [0.4, 0.5) is 0 Å². The first kappa shape index (κ1) is 11.6. The number of aryl methyl sites for hydroxylation is 1. The summed E-state index contributed by atoms with van der Waals surface area (Å²) in [6.45, 7) is 3.96. The van der Waals surface area contributed by atoms with Gasteiger partial charge >= 0.3 is 0 Å². The predicted octanol–water partition coefficient (Wildman–Crippen LogP) is 1.78. The summed E-state index contributed by atoms with van der Waals surface area (Å²) in [6.07, 6.45) is 0.877. The summed E-state index contributed by atoms with van der Waals surface area (Å²) in [7, 11) is 1.63. The van der Waals surface area contributed by atoms with E-state index in [0.717, 1.165) is 17.1 Å². The van der Waals surface area contributed by atoms with E-state index in [0.29, 0.717) is 6.42 Å². The third-order valence-corrected chi connectivity index (χ3v) is 3.17. The molecule has 0 aromatic carbocycles. The van der Waals surface area contributed by atoms with Gasteiger partial charge in [0.05, 0.1) is 17.2 Å². The van der Waals surface area contributed by atoms with Crippen molar-refractivity contribution in [2.75, 3.05) is 7.11 Å². The van der Waals surface area contributed by atoms with Gasteiger partial charge in [-0.25, -0.2) is 4.98 Å². The van der Waals surface area contributed by atoms with Crippen LogP contribution in [0.25, 0.3) is 0 Å². The van der Waals surface area contributed by atoms with Gasteiger partial charge in [0, 0.05) is 24.6 Å². The van der Waals surface area contributed by atoms with Crippen molar-refractivity contribution in [2.24, 2.45) is 0 Å². The minimum absolute atomic E-state index is 0.0841. The summed E-state index contributed by atoms with van der Waals surface area (Å²) < 4.78 is 5.17. The molecule has 0 aliphatic carbocycles. The van der Waals surface area contributed by atoms with Gasteiger partial charge in [0.15, 0.2) is 0 Å². The number of aromatic nitrogens is 1. The number of hydrogen-bond donors (Lipinski definition) is 1. The fraction of sp³-hybridized carbons (Fsp3) is 0.700. The molecule has 0 bridgehead atoms. The van der Waals surface area contributed by atoms with Crippen molar-refractivity contribution in [1.82, 2.24) is 4.98 Å². The van der Waals surface area contributed by atoms with E-state index in [2.05, 4.69) is 4.98 Å². The molecule has 4 heteroatoms. The zero-order valence-electron chi connectivity index (χ0n) is 8.86. The number of aliphatic hydroxyl groups excluding tert-OH is 1. The van der Waals surface area contributed by atoms with Crippen molar-refractivity contribution in [2.45, 2.75) is 38.9 Å². The van der Waals surface area contributed by atoms with Crippen LogP contribution in [0.2, 0.25) is 0 Å². The molecule has 1 heterocycles. The standard InChI is InChI=1S/C10H17NO2S/c1-4-9(13-3)8(12)5-10-11-7(2)6-14-10/h6,8-9,12H,4-5H2,1-3H3.